The zero-order valence-corrected chi connectivity index (χ0v) is 14.4. The van der Waals surface area contributed by atoms with Gasteiger partial charge >= 0.3 is 0 Å². The minimum Gasteiger partial charge on any atom is -0.316 e. The highest BCUT2D eigenvalue weighted by molar-refractivity contribution is 5.83. The third-order valence-corrected chi connectivity index (χ3v) is 5.19. The Labute approximate surface area is 144 Å². The van der Waals surface area contributed by atoms with Crippen molar-refractivity contribution in [1.29, 1.82) is 0 Å². The number of hydrogen-bond donors (Lipinski definition) is 1. The van der Waals surface area contributed by atoms with Gasteiger partial charge < -0.3 is 4.48 Å². The molecule has 2 nitrogen and oxygen atoms in total. The molecule has 0 aromatic heterocycles. The van der Waals surface area contributed by atoms with Gasteiger partial charge in [-0.15, -0.1) is 0 Å². The van der Waals surface area contributed by atoms with Crippen LogP contribution < -0.4 is 5.32 Å². The highest BCUT2D eigenvalue weighted by Gasteiger charge is 2.36. The Bertz CT molecular complexity index is 839. The second-order valence-electron chi connectivity index (χ2n) is 7.58. The monoisotopic (exact) mass is 317 g/mol. The minimum absolute atomic E-state index is 0.374. The Morgan fingerprint density at radius 2 is 1.50 bits per heavy atom. The Hall–Kier alpha value is -2.16. The first kappa shape index (κ1) is 15.4. The lowest BCUT2D eigenvalue weighted by Crippen LogP contribution is -2.56. The van der Waals surface area contributed by atoms with Gasteiger partial charge in [0.05, 0.1) is 26.6 Å². The van der Waals surface area contributed by atoms with Gasteiger partial charge in [-0.2, -0.15) is 0 Å². The molecule has 2 atom stereocenters. The standard InChI is InChI=1S/C22H25N2/c1-24(2)15-21(22(23-16-24)18-9-4-3-5-10-18)20-13-12-17-8-6-7-11-19(17)14-20/h3-14,21-23H,15-16H2,1-2H3/q+1. The molecule has 2 unspecified atom stereocenters. The van der Waals surface area contributed by atoms with E-state index in [0.29, 0.717) is 12.0 Å². The highest BCUT2D eigenvalue weighted by atomic mass is 15.4. The zero-order chi connectivity index (χ0) is 16.6. The molecule has 1 saturated heterocycles. The number of quaternary nitrogens is 1. The van der Waals surface area contributed by atoms with E-state index in [1.165, 1.54) is 21.9 Å². The Morgan fingerprint density at radius 3 is 2.29 bits per heavy atom. The molecule has 1 fully saturated rings. The van der Waals surface area contributed by atoms with E-state index in [2.05, 4.69) is 92.2 Å². The van der Waals surface area contributed by atoms with E-state index in [1.807, 2.05) is 0 Å². The van der Waals surface area contributed by atoms with Crippen LogP contribution in [-0.4, -0.2) is 31.8 Å². The molecule has 3 aromatic rings. The van der Waals surface area contributed by atoms with E-state index in [-0.39, 0.29) is 0 Å². The van der Waals surface area contributed by atoms with Gasteiger partial charge in [0.2, 0.25) is 0 Å². The molecule has 1 heterocycles. The predicted molar refractivity (Wildman–Crippen MR) is 101 cm³/mol. The number of nitrogens with one attached hydrogen (secondary N) is 1. The Kier molecular flexibility index (Phi) is 3.87. The van der Waals surface area contributed by atoms with Gasteiger partial charge in [-0.1, -0.05) is 72.8 Å². The topological polar surface area (TPSA) is 12.0 Å². The maximum absolute atomic E-state index is 3.79. The van der Waals surface area contributed by atoms with Gasteiger partial charge in [0.25, 0.3) is 0 Å². The fraction of sp³-hybridized carbons (Fsp3) is 0.273. The Morgan fingerprint density at radius 1 is 0.792 bits per heavy atom. The van der Waals surface area contributed by atoms with Gasteiger partial charge in [0.1, 0.15) is 6.67 Å². The summed E-state index contributed by atoms with van der Waals surface area (Å²) >= 11 is 0. The first-order chi connectivity index (χ1) is 11.6. The summed E-state index contributed by atoms with van der Waals surface area (Å²) in [7, 11) is 4.62. The van der Waals surface area contributed by atoms with Crippen LogP contribution in [0.3, 0.4) is 0 Å². The van der Waals surface area contributed by atoms with Gasteiger partial charge in [-0.3, -0.25) is 5.32 Å². The van der Waals surface area contributed by atoms with Gasteiger partial charge in [0.15, 0.2) is 0 Å². The third kappa shape index (κ3) is 2.95. The van der Waals surface area contributed by atoms with Crippen LogP contribution in [0.25, 0.3) is 10.8 Å². The third-order valence-electron chi connectivity index (χ3n) is 5.19. The first-order valence-electron chi connectivity index (χ1n) is 8.71. The second-order valence-corrected chi connectivity index (χ2v) is 7.58. The fourth-order valence-corrected chi connectivity index (χ4v) is 3.94. The largest absolute Gasteiger partial charge is 0.316 e. The van der Waals surface area contributed by atoms with Crippen molar-refractivity contribution in [2.24, 2.45) is 0 Å². The molecular weight excluding hydrogens is 292 g/mol. The van der Waals surface area contributed by atoms with E-state index in [0.717, 1.165) is 17.7 Å². The van der Waals surface area contributed by atoms with Crippen LogP contribution in [0.1, 0.15) is 23.1 Å². The predicted octanol–water partition coefficient (Wildman–Crippen LogP) is 4.30. The molecule has 0 aliphatic carbocycles. The molecular formula is C22H25N2+. The zero-order valence-electron chi connectivity index (χ0n) is 14.4. The van der Waals surface area contributed by atoms with Crippen molar-refractivity contribution in [2.45, 2.75) is 12.0 Å². The normalized spacial score (nSPS) is 23.2. The molecule has 0 radical (unpaired) electrons. The number of benzene rings is 3. The van der Waals surface area contributed by atoms with Crippen LogP contribution in [-0.2, 0) is 0 Å². The van der Waals surface area contributed by atoms with Crippen molar-refractivity contribution in [2.75, 3.05) is 27.3 Å². The van der Waals surface area contributed by atoms with Crippen molar-refractivity contribution in [3.05, 3.63) is 83.9 Å². The summed E-state index contributed by atoms with van der Waals surface area (Å²) in [5.74, 6) is 0.473. The average molecular weight is 317 g/mol. The number of fused-ring (bicyclic) bond motifs is 1. The number of likely N-dealkylation sites (N-methyl/N-ethyl adjacent to an activating group) is 1. The molecule has 1 aliphatic heterocycles. The molecule has 122 valence electrons. The second kappa shape index (κ2) is 6.04. The van der Waals surface area contributed by atoms with Crippen molar-refractivity contribution < 1.29 is 4.48 Å². The number of rotatable bonds is 2. The summed E-state index contributed by atoms with van der Waals surface area (Å²) < 4.78 is 1.00. The summed E-state index contributed by atoms with van der Waals surface area (Å²) in [6.07, 6.45) is 0. The summed E-state index contributed by atoms with van der Waals surface area (Å²) in [4.78, 5) is 0. The molecule has 1 N–H and O–H groups in total. The smallest absolute Gasteiger partial charge is 0.132 e. The molecule has 0 spiro atoms. The Balaban J connectivity index is 1.77. The van der Waals surface area contributed by atoms with Gasteiger partial charge in [-0.25, -0.2) is 0 Å². The van der Waals surface area contributed by atoms with E-state index < -0.39 is 0 Å². The molecule has 0 bridgehead atoms. The molecule has 0 saturated carbocycles. The lowest BCUT2D eigenvalue weighted by Gasteiger charge is -2.43. The van der Waals surface area contributed by atoms with E-state index in [9.17, 15) is 0 Å². The van der Waals surface area contributed by atoms with Crippen molar-refractivity contribution in [1.82, 2.24) is 5.32 Å². The van der Waals surface area contributed by atoms with Crippen LogP contribution in [0.15, 0.2) is 72.8 Å². The van der Waals surface area contributed by atoms with E-state index in [1.54, 1.807) is 0 Å². The summed E-state index contributed by atoms with van der Waals surface area (Å²) in [6.45, 7) is 2.15. The minimum atomic E-state index is 0.374. The molecule has 2 heteroatoms. The maximum Gasteiger partial charge on any atom is 0.132 e. The summed E-state index contributed by atoms with van der Waals surface area (Å²) in [5, 5.41) is 6.44. The SMILES string of the molecule is C[N+]1(C)CNC(c2ccccc2)C(c2ccc3ccccc3c2)C1. The molecule has 0 amide bonds. The van der Waals surface area contributed by atoms with Crippen molar-refractivity contribution in [3.63, 3.8) is 0 Å². The maximum atomic E-state index is 3.79. The van der Waals surface area contributed by atoms with Crippen LogP contribution in [0.4, 0.5) is 0 Å². The van der Waals surface area contributed by atoms with Crippen LogP contribution in [0.5, 0.6) is 0 Å². The molecule has 3 aromatic carbocycles. The first-order valence-corrected chi connectivity index (χ1v) is 8.71. The molecule has 24 heavy (non-hydrogen) atoms. The van der Waals surface area contributed by atoms with Crippen molar-refractivity contribution in [3.8, 4) is 0 Å². The van der Waals surface area contributed by atoms with Crippen molar-refractivity contribution >= 4 is 10.8 Å². The van der Waals surface area contributed by atoms with Gasteiger partial charge in [0, 0.05) is 6.04 Å². The lowest BCUT2D eigenvalue weighted by molar-refractivity contribution is -0.900. The summed E-state index contributed by atoms with van der Waals surface area (Å²) in [6, 6.07) is 26.8. The van der Waals surface area contributed by atoms with Gasteiger partial charge in [-0.05, 0) is 21.9 Å². The number of hydrogen-bond acceptors (Lipinski definition) is 1. The van der Waals surface area contributed by atoms with E-state index in [4.69, 9.17) is 0 Å². The van der Waals surface area contributed by atoms with Crippen LogP contribution in [0, 0.1) is 0 Å². The van der Waals surface area contributed by atoms with Crippen LogP contribution in [0.2, 0.25) is 0 Å². The fourth-order valence-electron chi connectivity index (χ4n) is 3.94. The molecule has 1 aliphatic rings. The quantitative estimate of drug-likeness (QED) is 0.695. The van der Waals surface area contributed by atoms with E-state index >= 15 is 0 Å². The molecule has 4 rings (SSSR count). The van der Waals surface area contributed by atoms with Crippen LogP contribution >= 0.6 is 0 Å². The highest BCUT2D eigenvalue weighted by Crippen LogP contribution is 2.36. The lowest BCUT2D eigenvalue weighted by atomic mass is 9.84. The summed E-state index contributed by atoms with van der Waals surface area (Å²) in [5.41, 5.74) is 2.82. The average Bonchev–Trinajstić information content (AvgIpc) is 2.61. The number of nitrogens with zero attached hydrogens (tertiary/aromatic N) is 1.